The highest BCUT2D eigenvalue weighted by atomic mass is 16.6. The molecule has 1 aromatic carbocycles. The van der Waals surface area contributed by atoms with E-state index in [1.54, 1.807) is 22.9 Å². The van der Waals surface area contributed by atoms with Gasteiger partial charge in [0.2, 0.25) is 0 Å². The van der Waals surface area contributed by atoms with Crippen LogP contribution in [0.2, 0.25) is 0 Å². The second-order valence-electron chi connectivity index (χ2n) is 6.77. The summed E-state index contributed by atoms with van der Waals surface area (Å²) in [5, 5.41) is 13.2. The number of ether oxygens (including phenoxy) is 2. The van der Waals surface area contributed by atoms with Crippen molar-refractivity contribution < 1.29 is 14.3 Å². The molecule has 3 heterocycles. The fourth-order valence-corrected chi connectivity index (χ4v) is 3.08. The molecule has 0 radical (unpaired) electrons. The first kappa shape index (κ1) is 19.5. The number of carbonyl (C=O) groups is 1. The fraction of sp³-hybridized carbons (Fsp3) is 0.300. The van der Waals surface area contributed by atoms with Gasteiger partial charge in [-0.3, -0.25) is 0 Å². The van der Waals surface area contributed by atoms with E-state index in [-0.39, 0.29) is 6.03 Å². The molecule has 4 rings (SSSR count). The maximum absolute atomic E-state index is 12.1. The molecule has 10 nitrogen and oxygen atoms in total. The molecule has 10 heteroatoms. The molecule has 0 atom stereocenters. The summed E-state index contributed by atoms with van der Waals surface area (Å²) in [5.41, 5.74) is 2.55. The zero-order valence-electron chi connectivity index (χ0n) is 16.8. The van der Waals surface area contributed by atoms with Crippen LogP contribution in [-0.2, 0) is 0 Å². The van der Waals surface area contributed by atoms with Crippen LogP contribution in [-0.4, -0.2) is 52.1 Å². The van der Waals surface area contributed by atoms with Crippen LogP contribution in [0, 0.1) is 13.8 Å². The van der Waals surface area contributed by atoms with E-state index < -0.39 is 0 Å². The largest absolute Gasteiger partial charge is 0.486 e. The molecule has 2 aromatic heterocycles. The van der Waals surface area contributed by atoms with Gasteiger partial charge in [-0.1, -0.05) is 0 Å². The van der Waals surface area contributed by atoms with Gasteiger partial charge in [-0.05, 0) is 32.0 Å². The normalized spacial score (nSPS) is 12.3. The van der Waals surface area contributed by atoms with Gasteiger partial charge in [-0.15, -0.1) is 0 Å². The highest BCUT2D eigenvalue weighted by Gasteiger charge is 2.12. The van der Waals surface area contributed by atoms with E-state index >= 15 is 0 Å². The molecule has 0 aliphatic carbocycles. The molecular formula is C20H23N7O3. The van der Waals surface area contributed by atoms with Crippen molar-refractivity contribution in [2.24, 2.45) is 0 Å². The SMILES string of the molecule is Cc1cc(C)n(-c2cc(NCCNC(=O)Nc3ccc4c(c3)OCCO4)ncn2)n1. The Bertz CT molecular complexity index is 1050. The standard InChI is InChI=1S/C20H23N7O3/c1-13-9-14(2)27(26-13)19-11-18(23-12-24-19)21-5-6-22-20(28)25-15-3-4-16-17(10-15)30-8-7-29-16/h3-4,9-12H,5-8H2,1-2H3,(H,21,23,24)(H2,22,25,28). The quantitative estimate of drug-likeness (QED) is 0.535. The number of nitrogens with one attached hydrogen (secondary N) is 3. The summed E-state index contributed by atoms with van der Waals surface area (Å²) in [6.07, 6.45) is 1.48. The average Bonchev–Trinajstić information content (AvgIpc) is 3.09. The van der Waals surface area contributed by atoms with Gasteiger partial charge >= 0.3 is 6.03 Å². The lowest BCUT2D eigenvalue weighted by Gasteiger charge is -2.19. The molecule has 0 unspecified atom stereocenters. The molecule has 0 fully saturated rings. The number of rotatable bonds is 6. The highest BCUT2D eigenvalue weighted by Crippen LogP contribution is 2.32. The van der Waals surface area contributed by atoms with Crippen LogP contribution in [0.3, 0.4) is 0 Å². The molecule has 0 bridgehead atoms. The number of benzene rings is 1. The van der Waals surface area contributed by atoms with Crippen LogP contribution < -0.4 is 25.4 Å². The summed E-state index contributed by atoms with van der Waals surface area (Å²) in [4.78, 5) is 20.6. The monoisotopic (exact) mass is 409 g/mol. The second kappa shape index (κ2) is 8.68. The Morgan fingerprint density at radius 1 is 1.07 bits per heavy atom. The minimum absolute atomic E-state index is 0.306. The molecular weight excluding hydrogens is 386 g/mol. The Hall–Kier alpha value is -3.82. The predicted octanol–water partition coefficient (Wildman–Crippen LogP) is 2.28. The third kappa shape index (κ3) is 4.59. The van der Waals surface area contributed by atoms with Crippen molar-refractivity contribution in [1.29, 1.82) is 0 Å². The highest BCUT2D eigenvalue weighted by molar-refractivity contribution is 5.89. The number of fused-ring (bicyclic) bond motifs is 1. The summed E-state index contributed by atoms with van der Waals surface area (Å²) in [6.45, 7) is 5.85. The van der Waals surface area contributed by atoms with E-state index in [0.717, 1.165) is 11.4 Å². The van der Waals surface area contributed by atoms with E-state index in [1.807, 2.05) is 26.0 Å². The average molecular weight is 409 g/mol. The first-order valence-corrected chi connectivity index (χ1v) is 9.62. The van der Waals surface area contributed by atoms with E-state index in [1.165, 1.54) is 6.33 Å². The lowest BCUT2D eigenvalue weighted by atomic mass is 10.2. The number of hydrogen-bond donors (Lipinski definition) is 3. The Labute approximate surface area is 173 Å². The number of aromatic nitrogens is 4. The maximum atomic E-state index is 12.1. The fourth-order valence-electron chi connectivity index (χ4n) is 3.08. The summed E-state index contributed by atoms with van der Waals surface area (Å²) in [5.74, 6) is 2.65. The minimum Gasteiger partial charge on any atom is -0.486 e. The van der Waals surface area contributed by atoms with Crippen LogP contribution in [0.25, 0.3) is 5.82 Å². The Balaban J connectivity index is 1.25. The van der Waals surface area contributed by atoms with E-state index in [4.69, 9.17) is 9.47 Å². The van der Waals surface area contributed by atoms with Gasteiger partial charge in [0.25, 0.3) is 0 Å². The smallest absolute Gasteiger partial charge is 0.319 e. The predicted molar refractivity (Wildman–Crippen MR) is 112 cm³/mol. The topological polar surface area (TPSA) is 115 Å². The van der Waals surface area contributed by atoms with Crippen molar-refractivity contribution in [2.75, 3.05) is 36.9 Å². The molecule has 1 aliphatic rings. The van der Waals surface area contributed by atoms with Crippen LogP contribution in [0.15, 0.2) is 36.7 Å². The first-order valence-electron chi connectivity index (χ1n) is 9.62. The van der Waals surface area contributed by atoms with Crippen molar-refractivity contribution in [1.82, 2.24) is 25.1 Å². The van der Waals surface area contributed by atoms with Gasteiger partial charge in [0.05, 0.1) is 5.69 Å². The zero-order chi connectivity index (χ0) is 20.9. The minimum atomic E-state index is -0.306. The Morgan fingerprint density at radius 2 is 1.90 bits per heavy atom. The summed E-state index contributed by atoms with van der Waals surface area (Å²) in [7, 11) is 0. The van der Waals surface area contributed by atoms with Gasteiger partial charge < -0.3 is 25.4 Å². The van der Waals surface area contributed by atoms with Crippen LogP contribution >= 0.6 is 0 Å². The van der Waals surface area contributed by atoms with Crippen molar-refractivity contribution >= 4 is 17.5 Å². The van der Waals surface area contributed by atoms with Crippen molar-refractivity contribution in [3.63, 3.8) is 0 Å². The van der Waals surface area contributed by atoms with Gasteiger partial charge in [0, 0.05) is 36.6 Å². The number of amides is 2. The lowest BCUT2D eigenvalue weighted by Crippen LogP contribution is -2.32. The molecule has 0 saturated heterocycles. The molecule has 156 valence electrons. The summed E-state index contributed by atoms with van der Waals surface area (Å²) in [6, 6.07) is 8.79. The van der Waals surface area contributed by atoms with Crippen LogP contribution in [0.4, 0.5) is 16.3 Å². The molecule has 1 aliphatic heterocycles. The third-order valence-electron chi connectivity index (χ3n) is 4.40. The molecule has 0 spiro atoms. The maximum Gasteiger partial charge on any atom is 0.319 e. The Morgan fingerprint density at radius 3 is 2.70 bits per heavy atom. The molecule has 3 aromatic rings. The van der Waals surface area contributed by atoms with Crippen molar-refractivity contribution in [3.05, 3.63) is 48.0 Å². The molecule has 3 N–H and O–H groups in total. The van der Waals surface area contributed by atoms with Crippen LogP contribution in [0.5, 0.6) is 11.5 Å². The number of aryl methyl sites for hydroxylation is 2. The van der Waals surface area contributed by atoms with E-state index in [0.29, 0.717) is 55.1 Å². The van der Waals surface area contributed by atoms with Gasteiger partial charge in [0.15, 0.2) is 17.3 Å². The molecule has 0 saturated carbocycles. The number of nitrogens with zero attached hydrogens (tertiary/aromatic N) is 4. The second-order valence-corrected chi connectivity index (χ2v) is 6.77. The van der Waals surface area contributed by atoms with Gasteiger partial charge in [0.1, 0.15) is 25.4 Å². The van der Waals surface area contributed by atoms with Crippen molar-refractivity contribution in [3.8, 4) is 17.3 Å². The first-order chi connectivity index (χ1) is 14.6. The molecule has 30 heavy (non-hydrogen) atoms. The molecule has 2 amide bonds. The zero-order valence-corrected chi connectivity index (χ0v) is 16.8. The van der Waals surface area contributed by atoms with Crippen LogP contribution in [0.1, 0.15) is 11.4 Å². The summed E-state index contributed by atoms with van der Waals surface area (Å²) >= 11 is 0. The van der Waals surface area contributed by atoms with E-state index in [9.17, 15) is 4.79 Å². The van der Waals surface area contributed by atoms with Gasteiger partial charge in [-0.25, -0.2) is 19.4 Å². The summed E-state index contributed by atoms with van der Waals surface area (Å²) < 4.78 is 12.8. The lowest BCUT2D eigenvalue weighted by molar-refractivity contribution is 0.171. The number of anilines is 2. The number of hydrogen-bond acceptors (Lipinski definition) is 7. The van der Waals surface area contributed by atoms with E-state index in [2.05, 4.69) is 31.0 Å². The number of urea groups is 1. The number of carbonyl (C=O) groups excluding carboxylic acids is 1. The van der Waals surface area contributed by atoms with Crippen molar-refractivity contribution in [2.45, 2.75) is 13.8 Å². The third-order valence-corrected chi connectivity index (χ3v) is 4.40. The Kier molecular flexibility index (Phi) is 5.64. The van der Waals surface area contributed by atoms with Gasteiger partial charge in [-0.2, -0.15) is 5.10 Å².